The summed E-state index contributed by atoms with van der Waals surface area (Å²) in [6, 6.07) is 0.0405. The van der Waals surface area contributed by atoms with Gasteiger partial charge in [0.05, 0.1) is 0 Å². The molecule has 1 fully saturated rings. The molecule has 1 saturated carbocycles. The highest BCUT2D eigenvalue weighted by atomic mass is 16.2. The molecule has 7 heteroatoms. The van der Waals surface area contributed by atoms with E-state index in [4.69, 9.17) is 5.73 Å². The first-order valence-corrected chi connectivity index (χ1v) is 5.64. The van der Waals surface area contributed by atoms with E-state index in [9.17, 15) is 9.59 Å². The van der Waals surface area contributed by atoms with Crippen molar-refractivity contribution in [2.45, 2.75) is 18.9 Å². The molecule has 17 heavy (non-hydrogen) atoms. The van der Waals surface area contributed by atoms with Crippen LogP contribution in [0.4, 0.5) is 5.82 Å². The Morgan fingerprint density at radius 2 is 2.12 bits per heavy atom. The predicted molar refractivity (Wildman–Crippen MR) is 63.9 cm³/mol. The van der Waals surface area contributed by atoms with E-state index < -0.39 is 11.2 Å². The van der Waals surface area contributed by atoms with Gasteiger partial charge in [0.1, 0.15) is 0 Å². The van der Waals surface area contributed by atoms with E-state index in [2.05, 4.69) is 10.4 Å². The molecule has 3 N–H and O–H groups in total. The minimum Gasteiger partial charge on any atom is -0.362 e. The Balaban J connectivity index is 2.15. The molecule has 2 rings (SSSR count). The van der Waals surface area contributed by atoms with Gasteiger partial charge in [0, 0.05) is 26.7 Å². The summed E-state index contributed by atoms with van der Waals surface area (Å²) < 4.78 is 2.16. The van der Waals surface area contributed by atoms with E-state index in [-0.39, 0.29) is 11.9 Å². The third-order valence-electron chi connectivity index (χ3n) is 3.05. The average Bonchev–Trinajstić information content (AvgIpc) is 3.13. The van der Waals surface area contributed by atoms with Crippen LogP contribution < -0.4 is 22.3 Å². The predicted octanol–water partition coefficient (Wildman–Crippen LogP) is -1.37. The molecule has 0 aromatic carbocycles. The summed E-state index contributed by atoms with van der Waals surface area (Å²) in [6.45, 7) is 0.505. The van der Waals surface area contributed by atoms with Crippen LogP contribution in [0.1, 0.15) is 12.8 Å². The fourth-order valence-electron chi connectivity index (χ4n) is 1.71. The normalized spacial score (nSPS) is 16.9. The van der Waals surface area contributed by atoms with E-state index in [1.165, 1.54) is 14.1 Å². The van der Waals surface area contributed by atoms with E-state index in [1.54, 1.807) is 0 Å². The summed E-state index contributed by atoms with van der Waals surface area (Å²) in [7, 11) is 2.94. The number of nitrogens with two attached hydrogens (primary N) is 1. The molecular formula is C10H17N5O2. The number of rotatable bonds is 4. The highest BCUT2D eigenvalue weighted by Crippen LogP contribution is 2.31. The Kier molecular flexibility index (Phi) is 3.01. The Hall–Kier alpha value is -1.63. The van der Waals surface area contributed by atoms with Crippen LogP contribution >= 0.6 is 0 Å². The Morgan fingerprint density at radius 1 is 1.47 bits per heavy atom. The van der Waals surface area contributed by atoms with Crippen LogP contribution in [0, 0.1) is 5.92 Å². The van der Waals surface area contributed by atoms with Crippen LogP contribution in [0.2, 0.25) is 0 Å². The van der Waals surface area contributed by atoms with Crippen molar-refractivity contribution in [1.82, 2.24) is 14.3 Å². The quantitative estimate of drug-likeness (QED) is 0.676. The van der Waals surface area contributed by atoms with Crippen molar-refractivity contribution in [3.63, 3.8) is 0 Å². The monoisotopic (exact) mass is 239 g/mol. The molecule has 0 spiro atoms. The molecule has 1 aliphatic carbocycles. The molecule has 1 atom stereocenters. The van der Waals surface area contributed by atoms with Crippen molar-refractivity contribution in [2.75, 3.05) is 11.9 Å². The van der Waals surface area contributed by atoms with Crippen molar-refractivity contribution >= 4 is 5.82 Å². The van der Waals surface area contributed by atoms with Crippen molar-refractivity contribution in [3.8, 4) is 0 Å². The van der Waals surface area contributed by atoms with E-state index >= 15 is 0 Å². The molecule has 0 amide bonds. The summed E-state index contributed by atoms with van der Waals surface area (Å²) in [5.41, 5.74) is 5.06. The van der Waals surface area contributed by atoms with Gasteiger partial charge in [0.15, 0.2) is 0 Å². The lowest BCUT2D eigenvalue weighted by Crippen LogP contribution is -2.41. The molecule has 0 bridgehead atoms. The Bertz CT molecular complexity index is 528. The molecule has 1 aromatic rings. The van der Waals surface area contributed by atoms with Gasteiger partial charge in [-0.3, -0.25) is 9.36 Å². The largest absolute Gasteiger partial charge is 0.362 e. The molecule has 1 unspecified atom stereocenters. The second-order valence-corrected chi connectivity index (χ2v) is 4.50. The number of hydrogen-bond donors (Lipinski definition) is 2. The van der Waals surface area contributed by atoms with Gasteiger partial charge in [-0.15, -0.1) is 5.10 Å². The number of nitrogens with zero attached hydrogens (tertiary/aromatic N) is 3. The Morgan fingerprint density at radius 3 is 2.71 bits per heavy atom. The second-order valence-electron chi connectivity index (χ2n) is 4.50. The molecule has 1 aliphatic rings. The maximum absolute atomic E-state index is 11.7. The van der Waals surface area contributed by atoms with Gasteiger partial charge in [-0.25, -0.2) is 9.48 Å². The molecule has 94 valence electrons. The lowest BCUT2D eigenvalue weighted by molar-refractivity contribution is 0.590. The molecule has 0 aliphatic heterocycles. The molecule has 0 radical (unpaired) electrons. The maximum Gasteiger partial charge on any atom is 0.346 e. The van der Waals surface area contributed by atoms with Gasteiger partial charge >= 0.3 is 5.69 Å². The summed E-state index contributed by atoms with van der Waals surface area (Å²) in [4.78, 5) is 23.1. The first kappa shape index (κ1) is 11.8. The molecule has 1 aromatic heterocycles. The van der Waals surface area contributed by atoms with Gasteiger partial charge in [-0.2, -0.15) is 0 Å². The molecule has 1 heterocycles. The Labute approximate surface area is 98.2 Å². The van der Waals surface area contributed by atoms with Gasteiger partial charge in [-0.1, -0.05) is 0 Å². The van der Waals surface area contributed by atoms with Crippen LogP contribution in [0.25, 0.3) is 0 Å². The highest BCUT2D eigenvalue weighted by molar-refractivity contribution is 5.29. The lowest BCUT2D eigenvalue weighted by atomic mass is 10.2. The molecular weight excluding hydrogens is 222 g/mol. The number of aryl methyl sites for hydroxylation is 1. The highest BCUT2D eigenvalue weighted by Gasteiger charge is 2.28. The van der Waals surface area contributed by atoms with Gasteiger partial charge < -0.3 is 11.1 Å². The molecule has 0 saturated heterocycles. The van der Waals surface area contributed by atoms with Crippen LogP contribution in [-0.2, 0) is 14.1 Å². The number of nitrogens with one attached hydrogen (secondary N) is 1. The van der Waals surface area contributed by atoms with Crippen LogP contribution in [0.15, 0.2) is 9.59 Å². The zero-order valence-corrected chi connectivity index (χ0v) is 10.0. The smallest absolute Gasteiger partial charge is 0.346 e. The van der Waals surface area contributed by atoms with Crippen molar-refractivity contribution < 1.29 is 0 Å². The average molecular weight is 239 g/mol. The summed E-state index contributed by atoms with van der Waals surface area (Å²) >= 11 is 0. The van der Waals surface area contributed by atoms with E-state index in [0.29, 0.717) is 12.5 Å². The van der Waals surface area contributed by atoms with Gasteiger partial charge in [-0.05, 0) is 18.8 Å². The van der Waals surface area contributed by atoms with E-state index in [1.807, 2.05) is 0 Å². The second kappa shape index (κ2) is 4.33. The minimum absolute atomic E-state index is 0.0405. The van der Waals surface area contributed by atoms with Crippen LogP contribution in [0.3, 0.4) is 0 Å². The van der Waals surface area contributed by atoms with Crippen LogP contribution in [-0.4, -0.2) is 26.9 Å². The van der Waals surface area contributed by atoms with Gasteiger partial charge in [0.2, 0.25) is 5.82 Å². The van der Waals surface area contributed by atoms with Crippen molar-refractivity contribution in [2.24, 2.45) is 25.7 Å². The fraction of sp³-hybridized carbons (Fsp3) is 0.700. The van der Waals surface area contributed by atoms with Crippen molar-refractivity contribution in [3.05, 3.63) is 20.8 Å². The fourth-order valence-corrected chi connectivity index (χ4v) is 1.71. The first-order chi connectivity index (χ1) is 8.00. The zero-order valence-electron chi connectivity index (χ0n) is 10.0. The number of anilines is 1. The summed E-state index contributed by atoms with van der Waals surface area (Å²) in [5, 5.41) is 6.80. The standard InChI is InChI=1S/C10H17N5O2/c1-14-9(16)8(13-15(2)10(14)17)12-5-7(11)6-3-4-6/h6-7H,3-5,11H2,1-2H3,(H,12,13). The zero-order chi connectivity index (χ0) is 12.6. The molecule has 7 nitrogen and oxygen atoms in total. The number of aromatic nitrogens is 3. The minimum atomic E-state index is -0.438. The lowest BCUT2D eigenvalue weighted by Gasteiger charge is -2.12. The third-order valence-corrected chi connectivity index (χ3v) is 3.05. The van der Waals surface area contributed by atoms with Crippen molar-refractivity contribution in [1.29, 1.82) is 0 Å². The van der Waals surface area contributed by atoms with Crippen LogP contribution in [0.5, 0.6) is 0 Å². The SMILES string of the molecule is Cn1nc(NCC(N)C2CC2)c(=O)n(C)c1=O. The first-order valence-electron chi connectivity index (χ1n) is 5.64. The maximum atomic E-state index is 11.7. The third kappa shape index (κ3) is 2.38. The topological polar surface area (TPSA) is 94.9 Å². The van der Waals surface area contributed by atoms with E-state index in [0.717, 1.165) is 22.1 Å². The number of hydrogen-bond acceptors (Lipinski definition) is 5. The summed E-state index contributed by atoms with van der Waals surface area (Å²) in [6.07, 6.45) is 2.31. The van der Waals surface area contributed by atoms with Gasteiger partial charge in [0.25, 0.3) is 5.56 Å². The summed E-state index contributed by atoms with van der Waals surface area (Å²) in [5.74, 6) is 0.726.